The number of aryl methyl sites for hydroxylation is 4. The number of anilines is 1. The van der Waals surface area contributed by atoms with Crippen molar-refractivity contribution < 1.29 is 9.59 Å². The van der Waals surface area contributed by atoms with Gasteiger partial charge in [-0.05, 0) is 69.0 Å². The third-order valence-electron chi connectivity index (χ3n) is 5.03. The average Bonchev–Trinajstić information content (AvgIpc) is 2.94. The molecule has 0 fully saturated rings. The third-order valence-corrected chi connectivity index (χ3v) is 6.20. The molecule has 0 saturated carbocycles. The second-order valence-electron chi connectivity index (χ2n) is 7.27. The van der Waals surface area contributed by atoms with Gasteiger partial charge < -0.3 is 10.2 Å². The van der Waals surface area contributed by atoms with Gasteiger partial charge in [0, 0.05) is 23.8 Å². The standard InChI is InChI=1S/C22H25N3O2S/c1-12-8-7-9-17(15(12)4)24-18(26)11-25(6)22(27)20-16(5)19-13(2)10-14(3)23-21(19)28-20/h7-10H,11H2,1-6H3,(H,24,26). The molecule has 1 N–H and O–H groups in total. The highest BCUT2D eigenvalue weighted by Gasteiger charge is 2.22. The van der Waals surface area contributed by atoms with Crippen LogP contribution < -0.4 is 5.32 Å². The Morgan fingerprint density at radius 1 is 1.07 bits per heavy atom. The summed E-state index contributed by atoms with van der Waals surface area (Å²) in [6, 6.07) is 7.81. The van der Waals surface area contributed by atoms with Gasteiger partial charge >= 0.3 is 0 Å². The Hall–Kier alpha value is -2.73. The smallest absolute Gasteiger partial charge is 0.264 e. The van der Waals surface area contributed by atoms with Crippen LogP contribution >= 0.6 is 11.3 Å². The van der Waals surface area contributed by atoms with Crippen molar-refractivity contribution in [2.75, 3.05) is 18.9 Å². The molecule has 0 bridgehead atoms. The predicted molar refractivity (Wildman–Crippen MR) is 115 cm³/mol. The first-order valence-electron chi connectivity index (χ1n) is 9.18. The van der Waals surface area contributed by atoms with E-state index in [0.29, 0.717) is 4.88 Å². The minimum Gasteiger partial charge on any atom is -0.332 e. The fraction of sp³-hybridized carbons (Fsp3) is 0.318. The van der Waals surface area contributed by atoms with E-state index in [1.165, 1.54) is 16.2 Å². The normalized spacial score (nSPS) is 10.9. The average molecular weight is 396 g/mol. The number of benzene rings is 1. The molecule has 0 atom stereocenters. The minimum absolute atomic E-state index is 0.00859. The Balaban J connectivity index is 1.78. The van der Waals surface area contributed by atoms with Crippen molar-refractivity contribution in [3.63, 3.8) is 0 Å². The second kappa shape index (κ2) is 7.72. The summed E-state index contributed by atoms with van der Waals surface area (Å²) in [4.78, 5) is 33.0. The van der Waals surface area contributed by atoms with Crippen LogP contribution in [0.5, 0.6) is 0 Å². The zero-order valence-electron chi connectivity index (χ0n) is 17.1. The largest absolute Gasteiger partial charge is 0.332 e. The Morgan fingerprint density at radius 2 is 1.79 bits per heavy atom. The quantitative estimate of drug-likeness (QED) is 0.705. The number of hydrogen-bond donors (Lipinski definition) is 1. The van der Waals surface area contributed by atoms with Crippen molar-refractivity contribution in [2.24, 2.45) is 0 Å². The first-order chi connectivity index (χ1) is 13.2. The Kier molecular flexibility index (Phi) is 5.52. The van der Waals surface area contributed by atoms with Crippen LogP contribution in [0, 0.1) is 34.6 Å². The molecule has 1 aromatic carbocycles. The van der Waals surface area contributed by atoms with E-state index in [2.05, 4.69) is 10.3 Å². The molecule has 0 spiro atoms. The van der Waals surface area contributed by atoms with E-state index in [4.69, 9.17) is 0 Å². The molecule has 146 valence electrons. The number of carbonyl (C=O) groups is 2. The number of pyridine rings is 1. The van der Waals surface area contributed by atoms with Crippen LogP contribution in [0.25, 0.3) is 10.2 Å². The predicted octanol–water partition coefficient (Wildman–Crippen LogP) is 4.55. The maximum absolute atomic E-state index is 13.0. The summed E-state index contributed by atoms with van der Waals surface area (Å²) in [7, 11) is 1.65. The molecule has 0 aliphatic carbocycles. The molecule has 2 heterocycles. The summed E-state index contributed by atoms with van der Waals surface area (Å²) in [5, 5.41) is 3.94. The number of hydrogen-bond acceptors (Lipinski definition) is 4. The lowest BCUT2D eigenvalue weighted by atomic mass is 10.1. The van der Waals surface area contributed by atoms with Gasteiger partial charge in [0.2, 0.25) is 5.91 Å². The number of carbonyl (C=O) groups excluding carboxylic acids is 2. The summed E-state index contributed by atoms with van der Waals surface area (Å²) in [6.07, 6.45) is 0. The number of nitrogens with one attached hydrogen (secondary N) is 1. The number of thiophene rings is 1. The Bertz CT molecular complexity index is 1090. The molecule has 3 aromatic rings. The molecular formula is C22H25N3O2S. The maximum Gasteiger partial charge on any atom is 0.264 e. The van der Waals surface area contributed by atoms with Gasteiger partial charge in [0.1, 0.15) is 4.83 Å². The van der Waals surface area contributed by atoms with Crippen LogP contribution in [0.15, 0.2) is 24.3 Å². The van der Waals surface area contributed by atoms with Crippen molar-refractivity contribution in [3.05, 3.63) is 57.1 Å². The molecule has 5 nitrogen and oxygen atoms in total. The number of rotatable bonds is 4. The van der Waals surface area contributed by atoms with Crippen LogP contribution in [0.3, 0.4) is 0 Å². The topological polar surface area (TPSA) is 62.3 Å². The number of aromatic nitrogens is 1. The number of fused-ring (bicyclic) bond motifs is 1. The maximum atomic E-state index is 13.0. The summed E-state index contributed by atoms with van der Waals surface area (Å²) in [5.41, 5.74) is 5.90. The molecule has 28 heavy (non-hydrogen) atoms. The summed E-state index contributed by atoms with van der Waals surface area (Å²) < 4.78 is 0. The zero-order chi connectivity index (χ0) is 20.6. The van der Waals surface area contributed by atoms with Crippen LogP contribution in [0.4, 0.5) is 5.69 Å². The SMILES string of the molecule is Cc1cc(C)c2c(C)c(C(=O)N(C)CC(=O)Nc3cccc(C)c3C)sc2n1. The first kappa shape index (κ1) is 20.0. The van der Waals surface area contributed by atoms with Crippen LogP contribution in [-0.4, -0.2) is 35.3 Å². The van der Waals surface area contributed by atoms with Crippen molar-refractivity contribution in [1.29, 1.82) is 0 Å². The Morgan fingerprint density at radius 3 is 2.50 bits per heavy atom. The molecule has 0 saturated heterocycles. The highest BCUT2D eigenvalue weighted by atomic mass is 32.1. The monoisotopic (exact) mass is 395 g/mol. The minimum atomic E-state index is -0.214. The van der Waals surface area contributed by atoms with E-state index in [1.54, 1.807) is 7.05 Å². The van der Waals surface area contributed by atoms with Crippen LogP contribution in [0.2, 0.25) is 0 Å². The van der Waals surface area contributed by atoms with Gasteiger partial charge in [0.15, 0.2) is 0 Å². The molecule has 0 radical (unpaired) electrons. The highest BCUT2D eigenvalue weighted by molar-refractivity contribution is 7.20. The van der Waals surface area contributed by atoms with Gasteiger partial charge in [-0.1, -0.05) is 12.1 Å². The molecule has 2 amide bonds. The number of nitrogens with zero attached hydrogens (tertiary/aromatic N) is 2. The van der Waals surface area contributed by atoms with Crippen molar-refractivity contribution in [1.82, 2.24) is 9.88 Å². The first-order valence-corrected chi connectivity index (χ1v) is 9.99. The van der Waals surface area contributed by atoms with Gasteiger partial charge in [0.05, 0.1) is 11.4 Å². The van der Waals surface area contributed by atoms with E-state index < -0.39 is 0 Å². The summed E-state index contributed by atoms with van der Waals surface area (Å²) in [5.74, 6) is -0.373. The van der Waals surface area contributed by atoms with Crippen molar-refractivity contribution >= 4 is 39.1 Å². The lowest BCUT2D eigenvalue weighted by Gasteiger charge is -2.17. The lowest BCUT2D eigenvalue weighted by molar-refractivity contribution is -0.116. The summed E-state index contributed by atoms with van der Waals surface area (Å²) >= 11 is 1.39. The van der Waals surface area contributed by atoms with Gasteiger partial charge in [-0.2, -0.15) is 0 Å². The van der Waals surface area contributed by atoms with E-state index in [1.807, 2.05) is 58.9 Å². The molecular weight excluding hydrogens is 370 g/mol. The molecule has 0 aliphatic rings. The summed E-state index contributed by atoms with van der Waals surface area (Å²) in [6.45, 7) is 9.89. The van der Waals surface area contributed by atoms with Gasteiger partial charge in [-0.3, -0.25) is 9.59 Å². The second-order valence-corrected chi connectivity index (χ2v) is 8.27. The van der Waals surface area contributed by atoms with Crippen molar-refractivity contribution in [2.45, 2.75) is 34.6 Å². The van der Waals surface area contributed by atoms with Crippen molar-refractivity contribution in [3.8, 4) is 0 Å². The fourth-order valence-corrected chi connectivity index (χ4v) is 4.66. The van der Waals surface area contributed by atoms with E-state index in [0.717, 1.165) is 43.9 Å². The number of likely N-dealkylation sites (N-methyl/N-ethyl adjacent to an activating group) is 1. The van der Waals surface area contributed by atoms with E-state index in [-0.39, 0.29) is 18.4 Å². The third kappa shape index (κ3) is 3.78. The number of amides is 2. The van der Waals surface area contributed by atoms with E-state index >= 15 is 0 Å². The Labute approximate surface area is 169 Å². The lowest BCUT2D eigenvalue weighted by Crippen LogP contribution is -2.35. The van der Waals surface area contributed by atoms with Gasteiger partial charge in [0.25, 0.3) is 5.91 Å². The van der Waals surface area contributed by atoms with Crippen LogP contribution in [0.1, 0.15) is 37.6 Å². The molecule has 3 rings (SSSR count). The molecule has 2 aromatic heterocycles. The fourth-order valence-electron chi connectivity index (χ4n) is 3.36. The van der Waals surface area contributed by atoms with E-state index in [9.17, 15) is 9.59 Å². The highest BCUT2D eigenvalue weighted by Crippen LogP contribution is 2.32. The van der Waals surface area contributed by atoms with Gasteiger partial charge in [-0.15, -0.1) is 11.3 Å². The zero-order valence-corrected chi connectivity index (χ0v) is 18.0. The van der Waals surface area contributed by atoms with Crippen LogP contribution in [-0.2, 0) is 4.79 Å². The molecule has 0 unspecified atom stereocenters. The molecule has 0 aliphatic heterocycles. The van der Waals surface area contributed by atoms with Gasteiger partial charge in [-0.25, -0.2) is 4.98 Å². The molecule has 6 heteroatoms.